The maximum atomic E-state index is 11.8. The van der Waals surface area contributed by atoms with Gasteiger partial charge in [-0.05, 0) is 37.1 Å². The van der Waals surface area contributed by atoms with Crippen LogP contribution in [0, 0.1) is 0 Å². The summed E-state index contributed by atoms with van der Waals surface area (Å²) in [4.78, 5) is 45.9. The van der Waals surface area contributed by atoms with E-state index in [0.29, 0.717) is 33.8 Å². The smallest absolute Gasteiger partial charge is 0.333 e. The number of hydrogen-bond donors (Lipinski definition) is 0. The van der Waals surface area contributed by atoms with Crippen molar-refractivity contribution in [1.29, 1.82) is 0 Å². The average Bonchev–Trinajstić information content (AvgIpc) is 2.97. The summed E-state index contributed by atoms with van der Waals surface area (Å²) in [6, 6.07) is 17.4. The van der Waals surface area contributed by atoms with E-state index < -0.39 is 11.9 Å². The van der Waals surface area contributed by atoms with Crippen LogP contribution in [0.4, 0.5) is 0 Å². The molecule has 0 aliphatic heterocycles. The number of ether oxygens (including phenoxy) is 4. The minimum Gasteiger partial charge on any atom is -0.489 e. The molecule has 8 nitrogen and oxygen atoms in total. The highest BCUT2D eigenvalue weighted by molar-refractivity contribution is 5.87. The van der Waals surface area contributed by atoms with Gasteiger partial charge in [-0.1, -0.05) is 61.7 Å². The van der Waals surface area contributed by atoms with E-state index >= 15 is 0 Å². The first-order valence-electron chi connectivity index (χ1n) is 12.4. The first kappa shape index (κ1) is 29.6. The molecule has 0 amide bonds. The number of hydrogen-bond acceptors (Lipinski definition) is 8. The van der Waals surface area contributed by atoms with Crippen molar-refractivity contribution in [2.45, 2.75) is 13.8 Å². The Bertz CT molecular complexity index is 1290. The van der Waals surface area contributed by atoms with Gasteiger partial charge in [0.1, 0.15) is 50.5 Å². The summed E-state index contributed by atoms with van der Waals surface area (Å²) < 4.78 is 22.4. The lowest BCUT2D eigenvalue weighted by Crippen LogP contribution is -2.13. The highest BCUT2D eigenvalue weighted by Crippen LogP contribution is 2.41. The zero-order valence-corrected chi connectivity index (χ0v) is 22.4. The Balaban J connectivity index is 2.00. The molecule has 0 atom stereocenters. The number of rotatable bonds is 14. The van der Waals surface area contributed by atoms with Gasteiger partial charge >= 0.3 is 11.9 Å². The molecule has 0 unspecified atom stereocenters. The van der Waals surface area contributed by atoms with E-state index in [4.69, 9.17) is 18.9 Å². The van der Waals surface area contributed by atoms with E-state index in [9.17, 15) is 19.2 Å². The monoisotopic (exact) mass is 542 g/mol. The minimum absolute atomic E-state index is 0.00488. The third-order valence-corrected chi connectivity index (χ3v) is 5.64. The number of carbonyl (C=O) groups excluding carboxylic acids is 4. The molecule has 0 spiro atoms. The molecular formula is C32H30O8. The van der Waals surface area contributed by atoms with Crippen molar-refractivity contribution < 1.29 is 38.1 Å². The van der Waals surface area contributed by atoms with Crippen LogP contribution >= 0.6 is 0 Å². The fraction of sp³-hybridized carbons (Fsp3) is 0.188. The van der Waals surface area contributed by atoms with E-state index in [2.05, 4.69) is 13.2 Å². The van der Waals surface area contributed by atoms with Crippen molar-refractivity contribution in [2.75, 3.05) is 26.4 Å². The molecule has 0 fully saturated rings. The van der Waals surface area contributed by atoms with Gasteiger partial charge in [-0.2, -0.15) is 0 Å². The first-order valence-corrected chi connectivity index (χ1v) is 12.4. The van der Waals surface area contributed by atoms with Gasteiger partial charge in [0, 0.05) is 33.4 Å². The summed E-state index contributed by atoms with van der Waals surface area (Å²) in [6.07, 6.45) is 1.51. The lowest BCUT2D eigenvalue weighted by Gasteiger charge is -2.19. The van der Waals surface area contributed by atoms with Crippen molar-refractivity contribution in [3.8, 4) is 33.8 Å². The Labute approximate surface area is 232 Å². The second-order valence-electron chi connectivity index (χ2n) is 8.85. The normalized spacial score (nSPS) is 10.2. The van der Waals surface area contributed by atoms with Crippen LogP contribution in [-0.4, -0.2) is 50.9 Å². The number of carbonyl (C=O) groups is 4. The van der Waals surface area contributed by atoms with E-state index in [-0.39, 0.29) is 37.6 Å². The zero-order chi connectivity index (χ0) is 29.1. The summed E-state index contributed by atoms with van der Waals surface area (Å²) in [7, 11) is 0. The fourth-order valence-corrected chi connectivity index (χ4v) is 3.55. The maximum Gasteiger partial charge on any atom is 0.333 e. The van der Waals surface area contributed by atoms with Gasteiger partial charge in [0.25, 0.3) is 0 Å². The molecule has 3 aromatic rings. The predicted molar refractivity (Wildman–Crippen MR) is 151 cm³/mol. The van der Waals surface area contributed by atoms with Crippen molar-refractivity contribution >= 4 is 24.5 Å². The number of esters is 2. The highest BCUT2D eigenvalue weighted by Gasteiger charge is 2.17. The van der Waals surface area contributed by atoms with Gasteiger partial charge in [-0.25, -0.2) is 9.59 Å². The first-order chi connectivity index (χ1) is 19.2. The standard InChI is InChI=1S/C32H30O8/c1-21(2)31(35)39-15-13-37-29-17-28(26-11-7-24(20-34)8-12-26)30(38-14-16-40-32(36)22(3)4)18-27(29)25-9-5-23(19-33)6-10-25/h5-12,17-20H,1,3,13-16H2,2,4H3. The SMILES string of the molecule is C=C(C)C(=O)OCCOc1cc(-c2ccc(C=O)cc2)c(OCCOC(=O)C(=C)C)cc1-c1ccc(C=O)cc1. The highest BCUT2D eigenvalue weighted by atomic mass is 16.6. The van der Waals surface area contributed by atoms with Crippen LogP contribution in [0.15, 0.2) is 85.0 Å². The van der Waals surface area contributed by atoms with Crippen molar-refractivity contribution in [3.63, 3.8) is 0 Å². The van der Waals surface area contributed by atoms with Crippen LogP contribution < -0.4 is 9.47 Å². The molecule has 3 rings (SSSR count). The molecule has 0 saturated heterocycles. The largest absolute Gasteiger partial charge is 0.489 e. The zero-order valence-electron chi connectivity index (χ0n) is 22.4. The molecule has 0 bridgehead atoms. The molecule has 206 valence electrons. The molecule has 0 aromatic heterocycles. The van der Waals surface area contributed by atoms with Crippen LogP contribution in [0.3, 0.4) is 0 Å². The van der Waals surface area contributed by atoms with Crippen molar-refractivity contribution in [2.24, 2.45) is 0 Å². The number of aldehydes is 2. The van der Waals surface area contributed by atoms with Gasteiger partial charge in [0.15, 0.2) is 0 Å². The topological polar surface area (TPSA) is 105 Å². The molecule has 0 aliphatic carbocycles. The molecule has 0 N–H and O–H groups in total. The second-order valence-corrected chi connectivity index (χ2v) is 8.85. The molecule has 0 aliphatic rings. The molecule has 0 saturated carbocycles. The Morgan fingerprint density at radius 2 is 0.975 bits per heavy atom. The van der Waals surface area contributed by atoms with Gasteiger partial charge in [-0.3, -0.25) is 9.59 Å². The fourth-order valence-electron chi connectivity index (χ4n) is 3.55. The predicted octanol–water partition coefficient (Wildman–Crippen LogP) is 5.64. The van der Waals surface area contributed by atoms with E-state index in [1.807, 2.05) is 0 Å². The van der Waals surface area contributed by atoms with Gasteiger partial charge < -0.3 is 18.9 Å². The van der Waals surface area contributed by atoms with Crippen molar-refractivity contribution in [3.05, 3.63) is 96.1 Å². The van der Waals surface area contributed by atoms with Gasteiger partial charge in [-0.15, -0.1) is 0 Å². The Morgan fingerprint density at radius 1 is 0.625 bits per heavy atom. The van der Waals surface area contributed by atoms with Gasteiger partial charge in [0.2, 0.25) is 0 Å². The average molecular weight is 543 g/mol. The number of benzene rings is 3. The summed E-state index contributed by atoms with van der Waals surface area (Å²) >= 11 is 0. The summed E-state index contributed by atoms with van der Waals surface area (Å²) in [5.41, 5.74) is 4.42. The van der Waals surface area contributed by atoms with Crippen LogP contribution in [0.5, 0.6) is 11.5 Å². The molecule has 3 aromatic carbocycles. The Hall–Kier alpha value is -4.98. The van der Waals surface area contributed by atoms with E-state index in [1.165, 1.54) is 0 Å². The minimum atomic E-state index is -0.514. The molecule has 8 heteroatoms. The quantitative estimate of drug-likeness (QED) is 0.112. The van der Waals surface area contributed by atoms with Crippen LogP contribution in [0.25, 0.3) is 22.3 Å². The third kappa shape index (κ3) is 8.01. The van der Waals surface area contributed by atoms with E-state index in [0.717, 1.165) is 23.7 Å². The van der Waals surface area contributed by atoms with Crippen LogP contribution in [0.1, 0.15) is 34.6 Å². The lowest BCUT2D eigenvalue weighted by molar-refractivity contribution is -0.140. The second kappa shape index (κ2) is 14.2. The lowest BCUT2D eigenvalue weighted by atomic mass is 9.97. The molecular weight excluding hydrogens is 512 g/mol. The van der Waals surface area contributed by atoms with Crippen LogP contribution in [-0.2, 0) is 19.1 Å². The third-order valence-electron chi connectivity index (χ3n) is 5.64. The summed E-state index contributed by atoms with van der Waals surface area (Å²) in [5, 5.41) is 0. The van der Waals surface area contributed by atoms with E-state index in [1.54, 1.807) is 74.5 Å². The van der Waals surface area contributed by atoms with Crippen molar-refractivity contribution in [1.82, 2.24) is 0 Å². The molecule has 40 heavy (non-hydrogen) atoms. The Morgan fingerprint density at radius 3 is 1.27 bits per heavy atom. The molecule has 0 heterocycles. The van der Waals surface area contributed by atoms with Crippen LogP contribution in [0.2, 0.25) is 0 Å². The summed E-state index contributed by atoms with van der Waals surface area (Å²) in [6.45, 7) is 10.4. The molecule has 0 radical (unpaired) electrons. The Kier molecular flexibility index (Phi) is 10.5. The summed E-state index contributed by atoms with van der Waals surface area (Å²) in [5.74, 6) is -0.0813. The van der Waals surface area contributed by atoms with Gasteiger partial charge in [0.05, 0.1) is 0 Å². The maximum absolute atomic E-state index is 11.8.